The Morgan fingerprint density at radius 1 is 1.38 bits per heavy atom. The number of phenols is 1. The Morgan fingerprint density at radius 3 is 2.54 bits per heavy atom. The van der Waals surface area contributed by atoms with Crippen molar-refractivity contribution in [3.63, 3.8) is 0 Å². The summed E-state index contributed by atoms with van der Waals surface area (Å²) in [5.41, 5.74) is 6.73. The largest absolute Gasteiger partial charge is 0.508 e. The standard InChI is InChI=1S/C10H16N2O/c1-8(11)6-12-7-9-2-4-10(13)5-3-9/h2-5,8,12-13H,6-7,11H2,1H3. The molecular formula is C10H16N2O. The highest BCUT2D eigenvalue weighted by Gasteiger charge is 1.94. The van der Waals surface area contributed by atoms with Crippen molar-refractivity contribution in [3.05, 3.63) is 29.8 Å². The van der Waals surface area contributed by atoms with Gasteiger partial charge in [-0.15, -0.1) is 0 Å². The van der Waals surface area contributed by atoms with Crippen molar-refractivity contribution in [2.75, 3.05) is 6.54 Å². The molecule has 0 aliphatic heterocycles. The van der Waals surface area contributed by atoms with E-state index < -0.39 is 0 Å². The molecule has 72 valence electrons. The minimum atomic E-state index is 0.178. The second kappa shape index (κ2) is 4.84. The maximum absolute atomic E-state index is 9.03. The quantitative estimate of drug-likeness (QED) is 0.643. The molecule has 1 aromatic carbocycles. The Bertz CT molecular complexity index is 244. The van der Waals surface area contributed by atoms with Gasteiger partial charge in [-0.25, -0.2) is 0 Å². The Hall–Kier alpha value is -1.06. The number of nitrogens with one attached hydrogen (secondary N) is 1. The lowest BCUT2D eigenvalue weighted by atomic mass is 10.2. The van der Waals surface area contributed by atoms with Gasteiger partial charge in [0.05, 0.1) is 0 Å². The van der Waals surface area contributed by atoms with Gasteiger partial charge in [0.25, 0.3) is 0 Å². The molecule has 0 saturated heterocycles. The zero-order chi connectivity index (χ0) is 9.68. The molecule has 0 aromatic heterocycles. The number of nitrogens with two attached hydrogens (primary N) is 1. The summed E-state index contributed by atoms with van der Waals surface area (Å²) in [5.74, 6) is 0.302. The molecule has 4 N–H and O–H groups in total. The first-order valence-corrected chi connectivity index (χ1v) is 4.42. The average molecular weight is 180 g/mol. The fourth-order valence-corrected chi connectivity index (χ4v) is 1.06. The molecule has 0 heterocycles. The second-order valence-electron chi connectivity index (χ2n) is 3.27. The third-order valence-electron chi connectivity index (χ3n) is 1.73. The summed E-state index contributed by atoms with van der Waals surface area (Å²) in [6.45, 7) is 3.56. The van der Waals surface area contributed by atoms with Gasteiger partial charge in [-0.3, -0.25) is 0 Å². The molecule has 0 aliphatic carbocycles. The highest BCUT2D eigenvalue weighted by atomic mass is 16.3. The summed E-state index contributed by atoms with van der Waals surface area (Å²) in [5, 5.41) is 12.2. The molecule has 1 atom stereocenters. The third-order valence-corrected chi connectivity index (χ3v) is 1.73. The molecule has 1 unspecified atom stereocenters. The molecule has 0 saturated carbocycles. The normalized spacial score (nSPS) is 12.8. The molecule has 13 heavy (non-hydrogen) atoms. The number of phenolic OH excluding ortho intramolecular Hbond substituents is 1. The minimum absolute atomic E-state index is 0.178. The molecule has 0 bridgehead atoms. The number of rotatable bonds is 4. The van der Waals surface area contributed by atoms with E-state index in [0.29, 0.717) is 5.75 Å². The van der Waals surface area contributed by atoms with Crippen LogP contribution in [0, 0.1) is 0 Å². The summed E-state index contributed by atoms with van der Waals surface area (Å²) in [6, 6.07) is 7.33. The van der Waals surface area contributed by atoms with Crippen LogP contribution in [0.15, 0.2) is 24.3 Å². The van der Waals surface area contributed by atoms with Crippen molar-refractivity contribution < 1.29 is 5.11 Å². The second-order valence-corrected chi connectivity index (χ2v) is 3.27. The predicted octanol–water partition coefficient (Wildman–Crippen LogP) is 0.829. The summed E-state index contributed by atoms with van der Waals surface area (Å²) in [6.07, 6.45) is 0. The maximum atomic E-state index is 9.03. The molecule has 3 nitrogen and oxygen atoms in total. The van der Waals surface area contributed by atoms with Crippen LogP contribution >= 0.6 is 0 Å². The van der Waals surface area contributed by atoms with Crippen LogP contribution in [0.5, 0.6) is 5.75 Å². The van der Waals surface area contributed by atoms with E-state index in [1.165, 1.54) is 0 Å². The van der Waals surface area contributed by atoms with Gasteiger partial charge in [-0.1, -0.05) is 12.1 Å². The van der Waals surface area contributed by atoms with Crippen LogP contribution in [-0.2, 0) is 6.54 Å². The highest BCUT2D eigenvalue weighted by molar-refractivity contribution is 5.25. The predicted molar refractivity (Wildman–Crippen MR) is 53.5 cm³/mol. The fraction of sp³-hybridized carbons (Fsp3) is 0.400. The van der Waals surface area contributed by atoms with E-state index in [2.05, 4.69) is 5.32 Å². The van der Waals surface area contributed by atoms with Crippen LogP contribution in [0.2, 0.25) is 0 Å². The molecular weight excluding hydrogens is 164 g/mol. The first kappa shape index (κ1) is 10.0. The molecule has 0 aliphatic rings. The van der Waals surface area contributed by atoms with Crippen molar-refractivity contribution in [1.82, 2.24) is 5.32 Å². The summed E-state index contributed by atoms with van der Waals surface area (Å²) >= 11 is 0. The average Bonchev–Trinajstić information content (AvgIpc) is 2.08. The van der Waals surface area contributed by atoms with Gasteiger partial charge in [0.2, 0.25) is 0 Å². The molecule has 3 heteroatoms. The first-order valence-electron chi connectivity index (χ1n) is 4.42. The van der Waals surface area contributed by atoms with E-state index in [-0.39, 0.29) is 6.04 Å². The summed E-state index contributed by atoms with van der Waals surface area (Å²) < 4.78 is 0. The minimum Gasteiger partial charge on any atom is -0.508 e. The van der Waals surface area contributed by atoms with E-state index in [0.717, 1.165) is 18.7 Å². The van der Waals surface area contributed by atoms with Gasteiger partial charge < -0.3 is 16.2 Å². The van der Waals surface area contributed by atoms with Crippen LogP contribution in [0.3, 0.4) is 0 Å². The van der Waals surface area contributed by atoms with Gasteiger partial charge >= 0.3 is 0 Å². The maximum Gasteiger partial charge on any atom is 0.115 e. The van der Waals surface area contributed by atoms with Crippen LogP contribution < -0.4 is 11.1 Å². The van der Waals surface area contributed by atoms with Gasteiger partial charge in [0.15, 0.2) is 0 Å². The smallest absolute Gasteiger partial charge is 0.115 e. The molecule has 1 aromatic rings. The van der Waals surface area contributed by atoms with Crippen molar-refractivity contribution in [1.29, 1.82) is 0 Å². The SMILES string of the molecule is CC(N)CNCc1ccc(O)cc1. The number of benzene rings is 1. The van der Waals surface area contributed by atoms with Crippen LogP contribution in [0.4, 0.5) is 0 Å². The van der Waals surface area contributed by atoms with Gasteiger partial charge in [-0.05, 0) is 24.6 Å². The zero-order valence-electron chi connectivity index (χ0n) is 7.83. The molecule has 0 amide bonds. The zero-order valence-corrected chi connectivity index (χ0v) is 7.83. The van der Waals surface area contributed by atoms with E-state index in [4.69, 9.17) is 10.8 Å². The summed E-state index contributed by atoms with van der Waals surface area (Å²) in [7, 11) is 0. The fourth-order valence-electron chi connectivity index (χ4n) is 1.06. The monoisotopic (exact) mass is 180 g/mol. The van der Waals surface area contributed by atoms with Crippen LogP contribution in [0.1, 0.15) is 12.5 Å². The van der Waals surface area contributed by atoms with Crippen molar-refractivity contribution in [2.45, 2.75) is 19.5 Å². The highest BCUT2D eigenvalue weighted by Crippen LogP contribution is 2.08. The van der Waals surface area contributed by atoms with E-state index in [1.807, 2.05) is 19.1 Å². The van der Waals surface area contributed by atoms with Crippen molar-refractivity contribution >= 4 is 0 Å². The summed E-state index contributed by atoms with van der Waals surface area (Å²) in [4.78, 5) is 0. The van der Waals surface area contributed by atoms with E-state index in [9.17, 15) is 0 Å². The Kier molecular flexibility index (Phi) is 3.73. The van der Waals surface area contributed by atoms with E-state index in [1.54, 1.807) is 12.1 Å². The Morgan fingerprint density at radius 2 is 2.00 bits per heavy atom. The van der Waals surface area contributed by atoms with Crippen molar-refractivity contribution in [2.24, 2.45) is 5.73 Å². The van der Waals surface area contributed by atoms with Crippen molar-refractivity contribution in [3.8, 4) is 5.75 Å². The van der Waals surface area contributed by atoms with E-state index >= 15 is 0 Å². The van der Waals surface area contributed by atoms with Gasteiger partial charge in [0.1, 0.15) is 5.75 Å². The lowest BCUT2D eigenvalue weighted by molar-refractivity contribution is 0.475. The first-order chi connectivity index (χ1) is 6.18. The molecule has 0 radical (unpaired) electrons. The molecule has 0 fully saturated rings. The topological polar surface area (TPSA) is 58.3 Å². The lowest BCUT2D eigenvalue weighted by Crippen LogP contribution is -2.30. The van der Waals surface area contributed by atoms with Gasteiger partial charge in [-0.2, -0.15) is 0 Å². The third kappa shape index (κ3) is 3.92. The number of hydrogen-bond donors (Lipinski definition) is 3. The van der Waals surface area contributed by atoms with Gasteiger partial charge in [0, 0.05) is 19.1 Å². The number of aromatic hydroxyl groups is 1. The van der Waals surface area contributed by atoms with Crippen LogP contribution in [0.25, 0.3) is 0 Å². The Balaban J connectivity index is 2.33. The number of hydrogen-bond acceptors (Lipinski definition) is 3. The molecule has 0 spiro atoms. The lowest BCUT2D eigenvalue weighted by Gasteiger charge is -2.07. The molecule has 1 rings (SSSR count). The Labute approximate surface area is 78.6 Å². The van der Waals surface area contributed by atoms with Crippen LogP contribution in [-0.4, -0.2) is 17.7 Å².